The van der Waals surface area contributed by atoms with Gasteiger partial charge in [-0.05, 0) is 12.1 Å². The van der Waals surface area contributed by atoms with Gasteiger partial charge in [0.1, 0.15) is 5.56 Å². The molecule has 0 fully saturated rings. The number of para-hydroxylation sites is 1. The van der Waals surface area contributed by atoms with Gasteiger partial charge in [-0.25, -0.2) is 4.79 Å². The van der Waals surface area contributed by atoms with Gasteiger partial charge in [0.2, 0.25) is 0 Å². The summed E-state index contributed by atoms with van der Waals surface area (Å²) in [4.78, 5) is 10.8. The van der Waals surface area contributed by atoms with Crippen molar-refractivity contribution in [3.05, 3.63) is 42.1 Å². The van der Waals surface area contributed by atoms with E-state index < -0.39 is 26.6 Å². The highest BCUT2D eigenvalue weighted by Crippen LogP contribution is 2.16. The second-order valence-electron chi connectivity index (χ2n) is 3.39. The van der Waals surface area contributed by atoms with Crippen molar-refractivity contribution in [3.8, 4) is 0 Å². The van der Waals surface area contributed by atoms with Crippen LogP contribution in [-0.2, 0) is 10.0 Å². The van der Waals surface area contributed by atoms with E-state index in [0.29, 0.717) is 5.69 Å². The molecule has 7 nitrogen and oxygen atoms in total. The number of benzene rings is 1. The van der Waals surface area contributed by atoms with E-state index in [1.54, 1.807) is 30.3 Å². The van der Waals surface area contributed by atoms with E-state index in [1.165, 1.54) is 0 Å². The Morgan fingerprint density at radius 3 is 2.56 bits per heavy atom. The summed E-state index contributed by atoms with van der Waals surface area (Å²) in [6, 6.07) is 8.14. The van der Waals surface area contributed by atoms with Crippen molar-refractivity contribution >= 4 is 21.7 Å². The van der Waals surface area contributed by atoms with Gasteiger partial charge in [-0.2, -0.15) is 13.5 Å². The molecule has 1 heterocycles. The lowest BCUT2D eigenvalue weighted by molar-refractivity contribution is 0.0692. The Bertz CT molecular complexity index is 663. The number of carbonyl (C=O) groups is 1. The molecule has 0 bridgehead atoms. The number of aromatic carboxylic acids is 1. The van der Waals surface area contributed by atoms with Crippen LogP contribution in [0.25, 0.3) is 0 Å². The lowest BCUT2D eigenvalue weighted by Crippen LogP contribution is -2.16. The first-order chi connectivity index (χ1) is 8.50. The number of rotatable bonds is 4. The van der Waals surface area contributed by atoms with Crippen LogP contribution >= 0.6 is 0 Å². The third-order valence-electron chi connectivity index (χ3n) is 2.13. The zero-order chi connectivity index (χ0) is 13.2. The molecule has 0 saturated heterocycles. The molecule has 0 unspecified atom stereocenters. The van der Waals surface area contributed by atoms with Crippen LogP contribution in [0.3, 0.4) is 0 Å². The molecule has 0 aliphatic carbocycles. The first kappa shape index (κ1) is 12.1. The predicted octanol–water partition coefficient (Wildman–Crippen LogP) is 0.909. The van der Waals surface area contributed by atoms with Crippen LogP contribution in [0.1, 0.15) is 10.4 Å². The summed E-state index contributed by atoms with van der Waals surface area (Å²) in [7, 11) is -3.99. The highest BCUT2D eigenvalue weighted by molar-refractivity contribution is 7.92. The SMILES string of the molecule is O=C(O)c1cn[nH]c1S(=O)(=O)Nc1ccccc1. The van der Waals surface area contributed by atoms with Gasteiger partial charge in [0.05, 0.1) is 6.20 Å². The summed E-state index contributed by atoms with van der Waals surface area (Å²) in [6.07, 6.45) is 0.946. The molecule has 0 spiro atoms. The Balaban J connectivity index is 2.37. The van der Waals surface area contributed by atoms with Crippen molar-refractivity contribution in [3.63, 3.8) is 0 Å². The average Bonchev–Trinajstić information content (AvgIpc) is 2.79. The van der Waals surface area contributed by atoms with E-state index in [4.69, 9.17) is 5.11 Å². The minimum atomic E-state index is -3.99. The third kappa shape index (κ3) is 2.33. The van der Waals surface area contributed by atoms with Crippen LogP contribution in [0.4, 0.5) is 5.69 Å². The van der Waals surface area contributed by atoms with Gasteiger partial charge in [0.15, 0.2) is 5.03 Å². The summed E-state index contributed by atoms with van der Waals surface area (Å²) in [5, 5.41) is 14.0. The van der Waals surface area contributed by atoms with E-state index in [2.05, 4.69) is 14.9 Å². The second kappa shape index (κ2) is 4.49. The van der Waals surface area contributed by atoms with Crippen molar-refractivity contribution in [2.45, 2.75) is 5.03 Å². The fourth-order valence-corrected chi connectivity index (χ4v) is 2.49. The van der Waals surface area contributed by atoms with Crippen molar-refractivity contribution in [1.29, 1.82) is 0 Å². The Hall–Kier alpha value is -2.35. The van der Waals surface area contributed by atoms with Gasteiger partial charge in [-0.1, -0.05) is 18.2 Å². The molecule has 8 heteroatoms. The molecule has 0 atom stereocenters. The number of sulfonamides is 1. The van der Waals surface area contributed by atoms with E-state index in [9.17, 15) is 13.2 Å². The van der Waals surface area contributed by atoms with Crippen molar-refractivity contribution < 1.29 is 18.3 Å². The van der Waals surface area contributed by atoms with Gasteiger partial charge in [0.25, 0.3) is 10.0 Å². The Kier molecular flexibility index (Phi) is 3.02. The molecule has 0 aliphatic heterocycles. The molecule has 0 radical (unpaired) electrons. The molecule has 1 aromatic heterocycles. The molecule has 0 amide bonds. The van der Waals surface area contributed by atoms with Gasteiger partial charge < -0.3 is 5.11 Å². The summed E-state index contributed by atoms with van der Waals surface area (Å²) in [6.45, 7) is 0. The molecular weight excluding hydrogens is 258 g/mol. The first-order valence-electron chi connectivity index (χ1n) is 4.85. The highest BCUT2D eigenvalue weighted by Gasteiger charge is 2.24. The zero-order valence-electron chi connectivity index (χ0n) is 8.99. The minimum absolute atomic E-state index is 0.337. The Morgan fingerprint density at radius 2 is 1.94 bits per heavy atom. The van der Waals surface area contributed by atoms with E-state index in [0.717, 1.165) is 6.20 Å². The summed E-state index contributed by atoms with van der Waals surface area (Å²) in [5.74, 6) is -1.36. The summed E-state index contributed by atoms with van der Waals surface area (Å²) < 4.78 is 26.1. The third-order valence-corrected chi connectivity index (χ3v) is 3.48. The van der Waals surface area contributed by atoms with Crippen LogP contribution in [0.5, 0.6) is 0 Å². The van der Waals surface area contributed by atoms with Crippen molar-refractivity contribution in [2.24, 2.45) is 0 Å². The lowest BCUT2D eigenvalue weighted by atomic mass is 10.3. The van der Waals surface area contributed by atoms with Gasteiger partial charge >= 0.3 is 5.97 Å². The van der Waals surface area contributed by atoms with Gasteiger partial charge in [-0.15, -0.1) is 0 Å². The average molecular weight is 267 g/mol. The smallest absolute Gasteiger partial charge is 0.340 e. The van der Waals surface area contributed by atoms with Crippen molar-refractivity contribution in [1.82, 2.24) is 10.2 Å². The van der Waals surface area contributed by atoms with Crippen LogP contribution in [0, 0.1) is 0 Å². The van der Waals surface area contributed by atoms with Crippen molar-refractivity contribution in [2.75, 3.05) is 4.72 Å². The van der Waals surface area contributed by atoms with Crippen LogP contribution in [0.15, 0.2) is 41.6 Å². The lowest BCUT2D eigenvalue weighted by Gasteiger charge is -2.06. The largest absolute Gasteiger partial charge is 0.478 e. The number of anilines is 1. The number of carboxylic acids is 1. The standard InChI is InChI=1S/C10H9N3O4S/c14-10(15)8-6-11-12-9(8)18(16,17)13-7-4-2-1-3-5-7/h1-6,13H,(H,11,12)(H,14,15). The van der Waals surface area contributed by atoms with Crippen LogP contribution in [-0.4, -0.2) is 29.7 Å². The fraction of sp³-hybridized carbons (Fsp3) is 0. The number of H-pyrrole nitrogens is 1. The molecule has 0 saturated carbocycles. The van der Waals surface area contributed by atoms with Crippen LogP contribution in [0.2, 0.25) is 0 Å². The second-order valence-corrected chi connectivity index (χ2v) is 5.01. The summed E-state index contributed by atoms with van der Waals surface area (Å²) >= 11 is 0. The first-order valence-corrected chi connectivity index (χ1v) is 6.33. The van der Waals surface area contributed by atoms with Gasteiger partial charge in [-0.3, -0.25) is 9.82 Å². The van der Waals surface area contributed by atoms with E-state index >= 15 is 0 Å². The maximum Gasteiger partial charge on any atom is 0.340 e. The molecule has 94 valence electrons. The number of aromatic nitrogens is 2. The molecule has 2 rings (SSSR count). The fourth-order valence-electron chi connectivity index (χ4n) is 1.34. The normalized spacial score (nSPS) is 11.1. The zero-order valence-corrected chi connectivity index (χ0v) is 9.81. The number of hydrogen-bond donors (Lipinski definition) is 3. The van der Waals surface area contributed by atoms with Gasteiger partial charge in [0, 0.05) is 5.69 Å². The summed E-state index contributed by atoms with van der Waals surface area (Å²) in [5.41, 5.74) is -0.0677. The molecule has 1 aromatic carbocycles. The number of hydrogen-bond acceptors (Lipinski definition) is 4. The maximum atomic E-state index is 11.9. The predicted molar refractivity (Wildman–Crippen MR) is 62.8 cm³/mol. The highest BCUT2D eigenvalue weighted by atomic mass is 32.2. The number of carboxylic acid groups (broad SMARTS) is 1. The Morgan fingerprint density at radius 1 is 1.28 bits per heavy atom. The monoisotopic (exact) mass is 267 g/mol. The van der Waals surface area contributed by atoms with E-state index in [-0.39, 0.29) is 0 Å². The molecule has 0 aliphatic rings. The number of nitrogens with zero attached hydrogens (tertiary/aromatic N) is 1. The van der Waals surface area contributed by atoms with E-state index in [1.807, 2.05) is 0 Å². The maximum absolute atomic E-state index is 11.9. The Labute approximate surface area is 103 Å². The molecule has 3 N–H and O–H groups in total. The quantitative estimate of drug-likeness (QED) is 0.762. The molecule has 2 aromatic rings. The molecular formula is C10H9N3O4S. The number of aromatic amines is 1. The van der Waals surface area contributed by atoms with Crippen LogP contribution < -0.4 is 4.72 Å². The topological polar surface area (TPSA) is 112 Å². The molecule has 18 heavy (non-hydrogen) atoms. The number of nitrogens with one attached hydrogen (secondary N) is 2. The minimum Gasteiger partial charge on any atom is -0.478 e.